The van der Waals surface area contributed by atoms with Crippen molar-refractivity contribution in [2.75, 3.05) is 6.61 Å². The van der Waals surface area contributed by atoms with Gasteiger partial charge in [0.25, 0.3) is 0 Å². The monoisotopic (exact) mass is 225 g/mol. The highest BCUT2D eigenvalue weighted by Crippen LogP contribution is 2.37. The van der Waals surface area contributed by atoms with Gasteiger partial charge in [-0.25, -0.2) is 0 Å². The molecule has 2 N–H and O–H groups in total. The summed E-state index contributed by atoms with van der Waals surface area (Å²) in [6.07, 6.45) is 6.73. The maximum Gasteiger partial charge on any atom is 0.110 e. The third-order valence-corrected chi connectivity index (χ3v) is 2.92. The first-order valence-corrected chi connectivity index (χ1v) is 5.12. The fourth-order valence-electron chi connectivity index (χ4n) is 1.30. The molecule has 0 spiro atoms. The molecule has 0 saturated heterocycles. The minimum Gasteiger partial charge on any atom is -0.497 e. The van der Waals surface area contributed by atoms with Gasteiger partial charge >= 0.3 is 0 Å². The number of nitrogens with two attached hydrogens (primary N) is 1. The third kappa shape index (κ3) is 2.66. The zero-order chi connectivity index (χ0) is 11.5. The van der Waals surface area contributed by atoms with Crippen LogP contribution < -0.4 is 5.73 Å². The molecular weight excluding hydrogens is 210 g/mol. The van der Waals surface area contributed by atoms with E-state index in [-0.39, 0.29) is 5.41 Å². The minimum absolute atomic E-state index is 0.157. The van der Waals surface area contributed by atoms with Crippen LogP contribution in [0.15, 0.2) is 47.4 Å². The summed E-state index contributed by atoms with van der Waals surface area (Å²) in [5.74, 6) is 0. The molecule has 2 nitrogen and oxygen atoms in total. The summed E-state index contributed by atoms with van der Waals surface area (Å²) in [5.41, 5.74) is 7.23. The number of hydrogen-bond acceptors (Lipinski definition) is 2. The topological polar surface area (TPSA) is 35.2 Å². The summed E-state index contributed by atoms with van der Waals surface area (Å²) < 4.78 is 5.32. The van der Waals surface area contributed by atoms with Crippen LogP contribution in [0.4, 0.5) is 0 Å². The Bertz CT molecular complexity index is 351. The van der Waals surface area contributed by atoms with E-state index >= 15 is 0 Å². The van der Waals surface area contributed by atoms with E-state index in [1.807, 2.05) is 12.2 Å². The molecule has 0 radical (unpaired) electrons. The van der Waals surface area contributed by atoms with Crippen LogP contribution in [0, 0.1) is 5.41 Å². The van der Waals surface area contributed by atoms with Gasteiger partial charge in [0.1, 0.15) is 6.61 Å². The molecular formula is C12H16ClNO. The summed E-state index contributed by atoms with van der Waals surface area (Å²) in [7, 11) is 0. The first kappa shape index (κ1) is 11.9. The van der Waals surface area contributed by atoms with E-state index < -0.39 is 0 Å². The second-order valence-electron chi connectivity index (χ2n) is 3.99. The Morgan fingerprint density at radius 2 is 2.33 bits per heavy atom. The predicted molar refractivity (Wildman–Crippen MR) is 64.2 cm³/mol. The highest BCUT2D eigenvalue weighted by atomic mass is 35.5. The Morgan fingerprint density at radius 3 is 2.93 bits per heavy atom. The van der Waals surface area contributed by atoms with E-state index in [0.717, 1.165) is 11.1 Å². The van der Waals surface area contributed by atoms with Crippen molar-refractivity contribution in [1.82, 2.24) is 0 Å². The van der Waals surface area contributed by atoms with Crippen LogP contribution >= 0.6 is 11.6 Å². The van der Waals surface area contributed by atoms with Gasteiger partial charge in [-0.05, 0) is 23.3 Å². The minimum atomic E-state index is -0.157. The van der Waals surface area contributed by atoms with Crippen LogP contribution in [0.3, 0.4) is 0 Å². The molecule has 0 unspecified atom stereocenters. The van der Waals surface area contributed by atoms with Crippen LogP contribution in [-0.4, -0.2) is 6.61 Å². The lowest BCUT2D eigenvalue weighted by atomic mass is 9.78. The summed E-state index contributed by atoms with van der Waals surface area (Å²) >= 11 is 5.88. The van der Waals surface area contributed by atoms with Crippen LogP contribution in [0.25, 0.3) is 0 Å². The number of rotatable bonds is 1. The van der Waals surface area contributed by atoms with Gasteiger partial charge in [-0.2, -0.15) is 0 Å². The van der Waals surface area contributed by atoms with E-state index in [4.69, 9.17) is 22.1 Å². The Balaban J connectivity index is 3.08. The van der Waals surface area contributed by atoms with E-state index in [1.165, 1.54) is 6.20 Å². The number of halogens is 1. The molecule has 0 aromatic heterocycles. The number of ether oxygens (including phenoxy) is 1. The largest absolute Gasteiger partial charge is 0.497 e. The molecule has 1 rings (SSSR count). The second-order valence-corrected chi connectivity index (χ2v) is 4.42. The fourth-order valence-corrected chi connectivity index (χ4v) is 1.43. The van der Waals surface area contributed by atoms with Crippen molar-refractivity contribution in [2.24, 2.45) is 11.1 Å². The first-order valence-electron chi connectivity index (χ1n) is 4.74. The molecule has 0 fully saturated rings. The second kappa shape index (κ2) is 4.58. The molecule has 1 aliphatic heterocycles. The van der Waals surface area contributed by atoms with Gasteiger partial charge in [-0.1, -0.05) is 32.0 Å². The van der Waals surface area contributed by atoms with Gasteiger partial charge in [0.05, 0.1) is 11.3 Å². The van der Waals surface area contributed by atoms with Crippen molar-refractivity contribution in [3.05, 3.63) is 47.4 Å². The highest BCUT2D eigenvalue weighted by molar-refractivity contribution is 6.31. The highest BCUT2D eigenvalue weighted by Gasteiger charge is 2.27. The van der Waals surface area contributed by atoms with E-state index in [9.17, 15) is 0 Å². The first-order chi connectivity index (χ1) is 6.98. The normalized spacial score (nSPS) is 23.8. The molecule has 0 atom stereocenters. The number of allylic oxidation sites excluding steroid dienone is 4. The van der Waals surface area contributed by atoms with Gasteiger partial charge in [-0.3, -0.25) is 0 Å². The van der Waals surface area contributed by atoms with Gasteiger partial charge in [-0.15, -0.1) is 0 Å². The maximum atomic E-state index is 5.88. The van der Waals surface area contributed by atoms with E-state index in [2.05, 4.69) is 20.4 Å². The van der Waals surface area contributed by atoms with Crippen molar-refractivity contribution in [3.63, 3.8) is 0 Å². The van der Waals surface area contributed by atoms with Crippen LogP contribution in [0.1, 0.15) is 13.8 Å². The lowest BCUT2D eigenvalue weighted by Crippen LogP contribution is -2.18. The molecule has 15 heavy (non-hydrogen) atoms. The molecule has 0 bridgehead atoms. The van der Waals surface area contributed by atoms with E-state index in [1.54, 1.807) is 6.26 Å². The summed E-state index contributed by atoms with van der Waals surface area (Å²) in [5, 5.41) is 0.511. The molecule has 3 heteroatoms. The van der Waals surface area contributed by atoms with Gasteiger partial charge in [0, 0.05) is 11.6 Å². The van der Waals surface area contributed by atoms with Crippen molar-refractivity contribution >= 4 is 11.6 Å². The zero-order valence-electron chi connectivity index (χ0n) is 9.09. The lowest BCUT2D eigenvalue weighted by molar-refractivity contribution is 0.268. The molecule has 0 aromatic carbocycles. The van der Waals surface area contributed by atoms with Crippen molar-refractivity contribution in [2.45, 2.75) is 13.8 Å². The standard InChI is InChI=1S/C12H16ClNO/c1-9-4-5-15-8-10(12(9,2)3)6-11(13)7-14/h4-7H,1,8,14H2,2-3H3/b10-6+,11-7+. The van der Waals surface area contributed by atoms with E-state index in [0.29, 0.717) is 11.6 Å². The van der Waals surface area contributed by atoms with Crippen molar-refractivity contribution in [3.8, 4) is 0 Å². The molecule has 1 aliphatic rings. The van der Waals surface area contributed by atoms with Crippen LogP contribution in [0.2, 0.25) is 0 Å². The average Bonchev–Trinajstić information content (AvgIpc) is 2.31. The molecule has 0 saturated carbocycles. The van der Waals surface area contributed by atoms with Crippen LogP contribution in [-0.2, 0) is 4.74 Å². The molecule has 0 aromatic rings. The Kier molecular flexibility index (Phi) is 3.64. The smallest absolute Gasteiger partial charge is 0.110 e. The van der Waals surface area contributed by atoms with Gasteiger partial charge in [0.15, 0.2) is 0 Å². The number of hydrogen-bond donors (Lipinski definition) is 1. The molecule has 0 aliphatic carbocycles. The van der Waals surface area contributed by atoms with Gasteiger partial charge in [0.2, 0.25) is 0 Å². The third-order valence-electron chi connectivity index (χ3n) is 2.68. The quantitative estimate of drug-likeness (QED) is 0.745. The fraction of sp³-hybridized carbons (Fsp3) is 0.333. The lowest BCUT2D eigenvalue weighted by Gasteiger charge is -2.26. The molecule has 0 amide bonds. The SMILES string of the molecule is C=C1C=COC/C(=C\C(Cl)=C/N)C1(C)C. The Morgan fingerprint density at radius 1 is 1.67 bits per heavy atom. The maximum absolute atomic E-state index is 5.88. The molecule has 1 heterocycles. The Hall–Kier alpha value is -1.15. The molecule has 82 valence electrons. The summed E-state index contributed by atoms with van der Waals surface area (Å²) in [4.78, 5) is 0. The van der Waals surface area contributed by atoms with Crippen molar-refractivity contribution < 1.29 is 4.74 Å². The Labute approximate surface area is 95.7 Å². The summed E-state index contributed by atoms with van der Waals surface area (Å²) in [6, 6.07) is 0. The van der Waals surface area contributed by atoms with Gasteiger partial charge < -0.3 is 10.5 Å². The average molecular weight is 226 g/mol. The van der Waals surface area contributed by atoms with Crippen LogP contribution in [0.5, 0.6) is 0 Å². The zero-order valence-corrected chi connectivity index (χ0v) is 9.84. The predicted octanol–water partition coefficient (Wildman–Crippen LogP) is 3.08. The summed E-state index contributed by atoms with van der Waals surface area (Å²) in [6.45, 7) is 8.68. The van der Waals surface area contributed by atoms with Crippen molar-refractivity contribution in [1.29, 1.82) is 0 Å².